The first kappa shape index (κ1) is 17.4. The molecule has 3 aromatic rings. The van der Waals surface area contributed by atoms with Crippen molar-refractivity contribution >= 4 is 16.6 Å². The van der Waals surface area contributed by atoms with Gasteiger partial charge in [0, 0.05) is 28.7 Å². The van der Waals surface area contributed by atoms with Crippen LogP contribution in [0.4, 0.5) is 5.82 Å². The van der Waals surface area contributed by atoms with E-state index in [-0.39, 0.29) is 12.1 Å². The van der Waals surface area contributed by atoms with E-state index in [0.717, 1.165) is 61.3 Å². The number of aromatic hydroxyl groups is 1. The topological polar surface area (TPSA) is 91.2 Å². The highest BCUT2D eigenvalue weighted by atomic mass is 16.3. The molecule has 1 saturated carbocycles. The van der Waals surface area contributed by atoms with E-state index in [1.54, 1.807) is 12.4 Å². The minimum Gasteiger partial charge on any atom is -0.507 e. The van der Waals surface area contributed by atoms with Crippen LogP contribution in [0.15, 0.2) is 30.6 Å². The average Bonchev–Trinajstić information content (AvgIpc) is 3.20. The lowest BCUT2D eigenvalue weighted by Gasteiger charge is -2.29. The summed E-state index contributed by atoms with van der Waals surface area (Å²) in [6.45, 7) is 0. The van der Waals surface area contributed by atoms with Crippen molar-refractivity contribution in [3.05, 3.63) is 41.7 Å². The van der Waals surface area contributed by atoms with Gasteiger partial charge in [0.1, 0.15) is 11.4 Å². The molecule has 6 nitrogen and oxygen atoms in total. The predicted octanol–water partition coefficient (Wildman–Crippen LogP) is 3.60. The van der Waals surface area contributed by atoms with Crippen LogP contribution in [0.25, 0.3) is 22.0 Å². The Morgan fingerprint density at radius 2 is 1.86 bits per heavy atom. The number of aliphatic hydroxyl groups excluding tert-OH is 1. The largest absolute Gasteiger partial charge is 0.507 e. The molecule has 0 aliphatic heterocycles. The number of nitrogens with zero attached hydrogens (tertiary/aromatic N) is 3. The minimum absolute atomic E-state index is 0.0225. The number of fused-ring (bicyclic) bond motifs is 2. The number of aryl methyl sites for hydroxylation is 1. The van der Waals surface area contributed by atoms with Gasteiger partial charge in [0.2, 0.25) is 0 Å². The van der Waals surface area contributed by atoms with Crippen molar-refractivity contribution in [2.45, 2.75) is 57.1 Å². The lowest BCUT2D eigenvalue weighted by molar-refractivity contribution is 0.116. The first-order valence-corrected chi connectivity index (χ1v) is 10.1. The van der Waals surface area contributed by atoms with Crippen LogP contribution in [0.3, 0.4) is 0 Å². The molecule has 6 heteroatoms. The Bertz CT molecular complexity index is 1040. The Kier molecular flexibility index (Phi) is 4.36. The lowest BCUT2D eigenvalue weighted by atomic mass is 9.92. The summed E-state index contributed by atoms with van der Waals surface area (Å²) in [4.78, 5) is 4.27. The number of phenolic OH excluding ortho intramolecular Hbond substituents is 1. The summed E-state index contributed by atoms with van der Waals surface area (Å²) in [6, 6.07) is 5.93. The van der Waals surface area contributed by atoms with Gasteiger partial charge in [-0.05, 0) is 55.4 Å². The molecule has 0 radical (unpaired) electrons. The Balaban J connectivity index is 1.59. The number of anilines is 1. The van der Waals surface area contributed by atoms with Crippen molar-refractivity contribution in [1.82, 2.24) is 15.2 Å². The van der Waals surface area contributed by atoms with Crippen LogP contribution in [0.1, 0.15) is 43.2 Å². The lowest BCUT2D eigenvalue weighted by Crippen LogP contribution is -2.36. The van der Waals surface area contributed by atoms with Gasteiger partial charge in [0.15, 0.2) is 5.82 Å². The third kappa shape index (κ3) is 2.88. The average molecular weight is 376 g/mol. The fourth-order valence-electron chi connectivity index (χ4n) is 4.60. The Morgan fingerprint density at radius 1 is 0.964 bits per heavy atom. The van der Waals surface area contributed by atoms with Crippen LogP contribution in [0, 0.1) is 0 Å². The highest BCUT2D eigenvalue weighted by Gasteiger charge is 2.25. The van der Waals surface area contributed by atoms with Crippen LogP contribution in [-0.2, 0) is 12.8 Å². The van der Waals surface area contributed by atoms with Crippen LogP contribution >= 0.6 is 0 Å². The molecule has 0 amide bonds. The number of hydrogen-bond donors (Lipinski definition) is 3. The normalized spacial score (nSPS) is 21.6. The SMILES string of the molecule is Oc1c(-c2nnc(NC3CCCCC3O)c3cnccc23)ccc2c1CCC2. The van der Waals surface area contributed by atoms with E-state index in [1.165, 1.54) is 5.56 Å². The number of nitrogens with one attached hydrogen (secondary N) is 1. The van der Waals surface area contributed by atoms with Crippen LogP contribution in [0.5, 0.6) is 5.75 Å². The van der Waals surface area contributed by atoms with E-state index < -0.39 is 0 Å². The van der Waals surface area contributed by atoms with Gasteiger partial charge in [-0.15, -0.1) is 10.2 Å². The summed E-state index contributed by atoms with van der Waals surface area (Å²) in [7, 11) is 0. The molecule has 2 atom stereocenters. The standard InChI is InChI=1S/C22H24N4O2/c27-19-7-2-1-6-18(19)24-22-17-12-23-11-10-15(17)20(25-26-22)16-9-8-13-4-3-5-14(13)21(16)28/h8-12,18-19,27-28H,1-7H2,(H,24,26). The van der Waals surface area contributed by atoms with E-state index in [1.807, 2.05) is 12.1 Å². The molecular weight excluding hydrogens is 352 g/mol. The maximum Gasteiger partial charge on any atom is 0.158 e. The summed E-state index contributed by atoms with van der Waals surface area (Å²) in [5.41, 5.74) is 3.65. The van der Waals surface area contributed by atoms with Gasteiger partial charge in [-0.1, -0.05) is 18.9 Å². The van der Waals surface area contributed by atoms with Crippen molar-refractivity contribution in [3.63, 3.8) is 0 Å². The Morgan fingerprint density at radius 3 is 2.75 bits per heavy atom. The van der Waals surface area contributed by atoms with Crippen LogP contribution < -0.4 is 5.32 Å². The Hall–Kier alpha value is -2.73. The maximum absolute atomic E-state index is 10.9. The number of phenols is 1. The number of aromatic nitrogens is 3. The third-order valence-corrected chi connectivity index (χ3v) is 6.14. The summed E-state index contributed by atoms with van der Waals surface area (Å²) < 4.78 is 0. The Labute approximate surface area is 163 Å². The molecule has 1 aromatic carbocycles. The van der Waals surface area contributed by atoms with Gasteiger partial charge in [-0.2, -0.15) is 0 Å². The molecule has 2 heterocycles. The number of pyridine rings is 1. The molecule has 28 heavy (non-hydrogen) atoms. The first-order chi connectivity index (χ1) is 13.7. The van der Waals surface area contributed by atoms with E-state index in [9.17, 15) is 10.2 Å². The van der Waals surface area contributed by atoms with E-state index in [0.29, 0.717) is 22.8 Å². The van der Waals surface area contributed by atoms with E-state index >= 15 is 0 Å². The maximum atomic E-state index is 10.9. The molecule has 2 unspecified atom stereocenters. The monoisotopic (exact) mass is 376 g/mol. The highest BCUT2D eigenvalue weighted by Crippen LogP contribution is 2.40. The second-order valence-electron chi connectivity index (χ2n) is 7.87. The van der Waals surface area contributed by atoms with E-state index in [4.69, 9.17) is 0 Å². The quantitative estimate of drug-likeness (QED) is 0.647. The number of hydrogen-bond acceptors (Lipinski definition) is 6. The molecule has 3 N–H and O–H groups in total. The molecular formula is C22H24N4O2. The zero-order valence-electron chi connectivity index (χ0n) is 15.7. The molecule has 2 aliphatic rings. The fraction of sp³-hybridized carbons (Fsp3) is 0.409. The van der Waals surface area contributed by atoms with Gasteiger partial charge in [0.05, 0.1) is 12.1 Å². The molecule has 2 aliphatic carbocycles. The molecule has 0 spiro atoms. The molecule has 0 saturated heterocycles. The smallest absolute Gasteiger partial charge is 0.158 e. The number of rotatable bonds is 3. The zero-order chi connectivity index (χ0) is 19.1. The molecule has 144 valence electrons. The molecule has 1 fully saturated rings. The molecule has 5 rings (SSSR count). The first-order valence-electron chi connectivity index (χ1n) is 10.1. The molecule has 2 aromatic heterocycles. The summed E-state index contributed by atoms with van der Waals surface area (Å²) >= 11 is 0. The summed E-state index contributed by atoms with van der Waals surface area (Å²) in [5, 5.41) is 35.2. The third-order valence-electron chi connectivity index (χ3n) is 6.14. The van der Waals surface area contributed by atoms with Gasteiger partial charge in [-0.3, -0.25) is 4.98 Å². The summed E-state index contributed by atoms with van der Waals surface area (Å²) in [5.74, 6) is 0.962. The summed E-state index contributed by atoms with van der Waals surface area (Å²) in [6.07, 6.45) is 10.0. The predicted molar refractivity (Wildman–Crippen MR) is 108 cm³/mol. The number of benzene rings is 1. The van der Waals surface area contributed by atoms with E-state index in [2.05, 4.69) is 26.6 Å². The fourth-order valence-corrected chi connectivity index (χ4v) is 4.60. The van der Waals surface area contributed by atoms with Crippen molar-refractivity contribution in [1.29, 1.82) is 0 Å². The number of aliphatic hydroxyl groups is 1. The van der Waals surface area contributed by atoms with Crippen LogP contribution in [-0.4, -0.2) is 37.5 Å². The van der Waals surface area contributed by atoms with Crippen molar-refractivity contribution < 1.29 is 10.2 Å². The zero-order valence-corrected chi connectivity index (χ0v) is 15.7. The van der Waals surface area contributed by atoms with Crippen molar-refractivity contribution in [2.24, 2.45) is 0 Å². The van der Waals surface area contributed by atoms with Crippen molar-refractivity contribution in [3.8, 4) is 17.0 Å². The van der Waals surface area contributed by atoms with Crippen molar-refractivity contribution in [2.75, 3.05) is 5.32 Å². The second-order valence-corrected chi connectivity index (χ2v) is 7.87. The van der Waals surface area contributed by atoms with Gasteiger partial charge in [-0.25, -0.2) is 0 Å². The molecule has 0 bridgehead atoms. The second kappa shape index (κ2) is 7.02. The highest BCUT2D eigenvalue weighted by molar-refractivity contribution is 6.00. The van der Waals surface area contributed by atoms with Gasteiger partial charge >= 0.3 is 0 Å². The van der Waals surface area contributed by atoms with Crippen LogP contribution in [0.2, 0.25) is 0 Å². The minimum atomic E-state index is -0.372. The van der Waals surface area contributed by atoms with Gasteiger partial charge in [0.25, 0.3) is 0 Å². The van der Waals surface area contributed by atoms with Gasteiger partial charge < -0.3 is 15.5 Å².